The molecule has 1 aliphatic heterocycles. The van der Waals surface area contributed by atoms with Crippen LogP contribution in [0.5, 0.6) is 5.75 Å². The van der Waals surface area contributed by atoms with E-state index in [1.807, 2.05) is 55.5 Å². The highest BCUT2D eigenvalue weighted by atomic mass is 16.5. The van der Waals surface area contributed by atoms with Crippen LogP contribution in [-0.2, 0) is 4.79 Å². The molecule has 0 saturated carbocycles. The number of hydrogen-bond donors (Lipinski definition) is 1. The fraction of sp³-hybridized carbons (Fsp3) is 0.316. The van der Waals surface area contributed by atoms with Gasteiger partial charge in [0.15, 0.2) is 0 Å². The minimum absolute atomic E-state index is 0.0539. The van der Waals surface area contributed by atoms with Crippen molar-refractivity contribution in [1.82, 2.24) is 0 Å². The molecule has 0 radical (unpaired) electrons. The van der Waals surface area contributed by atoms with Gasteiger partial charge < -0.3 is 14.7 Å². The lowest BCUT2D eigenvalue weighted by Crippen LogP contribution is -2.39. The normalized spacial score (nSPS) is 18.0. The Morgan fingerprint density at radius 3 is 2.70 bits per heavy atom. The summed E-state index contributed by atoms with van der Waals surface area (Å²) in [7, 11) is 0. The van der Waals surface area contributed by atoms with Gasteiger partial charge in [-0.2, -0.15) is 0 Å². The van der Waals surface area contributed by atoms with Crippen molar-refractivity contribution in [3.8, 4) is 5.75 Å². The lowest BCUT2D eigenvalue weighted by molar-refractivity contribution is -0.118. The van der Waals surface area contributed by atoms with Gasteiger partial charge >= 0.3 is 0 Å². The van der Waals surface area contributed by atoms with Crippen LogP contribution in [0.25, 0.3) is 0 Å². The van der Waals surface area contributed by atoms with Crippen molar-refractivity contribution in [1.29, 1.82) is 0 Å². The zero-order valence-corrected chi connectivity index (χ0v) is 13.4. The second-order valence-corrected chi connectivity index (χ2v) is 5.78. The fourth-order valence-corrected chi connectivity index (χ4v) is 2.83. The fourth-order valence-electron chi connectivity index (χ4n) is 2.83. The van der Waals surface area contributed by atoms with Crippen LogP contribution in [0.3, 0.4) is 0 Å². The van der Waals surface area contributed by atoms with Gasteiger partial charge in [-0.25, -0.2) is 0 Å². The van der Waals surface area contributed by atoms with Crippen LogP contribution in [0.4, 0.5) is 5.69 Å². The smallest absolute Gasteiger partial charge is 0.226 e. The van der Waals surface area contributed by atoms with Gasteiger partial charge in [-0.05, 0) is 30.2 Å². The van der Waals surface area contributed by atoms with Crippen molar-refractivity contribution in [2.45, 2.75) is 32.5 Å². The predicted molar refractivity (Wildman–Crippen MR) is 89.5 cm³/mol. The van der Waals surface area contributed by atoms with E-state index in [1.54, 1.807) is 11.8 Å². The van der Waals surface area contributed by atoms with E-state index in [-0.39, 0.29) is 12.0 Å². The Balaban J connectivity index is 2.01. The SMILES string of the molecule is CCC(=O)N1CC(c2ccccc2)Oc2ccc(C(C)O)cc21. The number of ether oxygens (including phenoxy) is 1. The third-order valence-corrected chi connectivity index (χ3v) is 4.15. The van der Waals surface area contributed by atoms with Crippen LogP contribution in [0.15, 0.2) is 48.5 Å². The van der Waals surface area contributed by atoms with E-state index in [9.17, 15) is 9.90 Å². The van der Waals surface area contributed by atoms with Crippen LogP contribution in [0, 0.1) is 0 Å². The number of nitrogens with zero attached hydrogens (tertiary/aromatic N) is 1. The number of aliphatic hydroxyl groups is 1. The molecule has 2 unspecified atom stereocenters. The number of carbonyl (C=O) groups excluding carboxylic acids is 1. The summed E-state index contributed by atoms with van der Waals surface area (Å²) in [4.78, 5) is 14.2. The zero-order valence-electron chi connectivity index (χ0n) is 13.4. The monoisotopic (exact) mass is 311 g/mol. The van der Waals surface area contributed by atoms with Crippen molar-refractivity contribution in [2.75, 3.05) is 11.4 Å². The van der Waals surface area contributed by atoms with Crippen LogP contribution < -0.4 is 9.64 Å². The van der Waals surface area contributed by atoms with Gasteiger partial charge in [0.2, 0.25) is 5.91 Å². The average Bonchev–Trinajstić information content (AvgIpc) is 2.60. The number of anilines is 1. The first-order chi connectivity index (χ1) is 11.1. The van der Waals surface area contributed by atoms with E-state index in [2.05, 4.69) is 0 Å². The molecule has 4 heteroatoms. The second kappa shape index (κ2) is 6.42. The number of aliphatic hydroxyl groups excluding tert-OH is 1. The quantitative estimate of drug-likeness (QED) is 0.942. The zero-order chi connectivity index (χ0) is 16.4. The van der Waals surface area contributed by atoms with Crippen LogP contribution >= 0.6 is 0 Å². The highest BCUT2D eigenvalue weighted by Gasteiger charge is 2.30. The third kappa shape index (κ3) is 3.08. The highest BCUT2D eigenvalue weighted by Crippen LogP contribution is 2.39. The highest BCUT2D eigenvalue weighted by molar-refractivity contribution is 5.95. The molecule has 0 aliphatic carbocycles. The first kappa shape index (κ1) is 15.6. The molecule has 3 rings (SSSR count). The molecule has 4 nitrogen and oxygen atoms in total. The van der Waals surface area contributed by atoms with Gasteiger partial charge in [-0.15, -0.1) is 0 Å². The van der Waals surface area contributed by atoms with E-state index in [0.717, 1.165) is 16.8 Å². The number of amides is 1. The molecule has 2 aromatic carbocycles. The standard InChI is InChI=1S/C19H21NO3/c1-3-19(22)20-12-18(14-7-5-4-6-8-14)23-17-10-9-15(13(2)21)11-16(17)20/h4-11,13,18,21H,3,12H2,1-2H3. The van der Waals surface area contributed by atoms with Gasteiger partial charge in [-0.3, -0.25) is 4.79 Å². The largest absolute Gasteiger partial charge is 0.482 e. The summed E-state index contributed by atoms with van der Waals surface area (Å²) in [5.41, 5.74) is 2.56. The summed E-state index contributed by atoms with van der Waals surface area (Å²) in [6.45, 7) is 4.05. The Bertz CT molecular complexity index is 697. The molecule has 2 aromatic rings. The number of hydrogen-bond acceptors (Lipinski definition) is 3. The summed E-state index contributed by atoms with van der Waals surface area (Å²) >= 11 is 0. The van der Waals surface area contributed by atoms with Gasteiger partial charge in [0, 0.05) is 6.42 Å². The molecule has 0 saturated heterocycles. The van der Waals surface area contributed by atoms with E-state index in [1.165, 1.54) is 0 Å². The molecular formula is C19H21NO3. The van der Waals surface area contributed by atoms with Crippen molar-refractivity contribution in [3.63, 3.8) is 0 Å². The summed E-state index contributed by atoms with van der Waals surface area (Å²) in [5.74, 6) is 0.731. The Hall–Kier alpha value is -2.33. The number of rotatable bonds is 3. The minimum atomic E-state index is -0.578. The van der Waals surface area contributed by atoms with Crippen molar-refractivity contribution in [3.05, 3.63) is 59.7 Å². The molecule has 23 heavy (non-hydrogen) atoms. The molecule has 0 bridgehead atoms. The minimum Gasteiger partial charge on any atom is -0.482 e. The van der Waals surface area contributed by atoms with Crippen LogP contribution in [0.2, 0.25) is 0 Å². The molecule has 1 aliphatic rings. The lowest BCUT2D eigenvalue weighted by Gasteiger charge is -2.35. The molecule has 0 fully saturated rings. The van der Waals surface area contributed by atoms with Gasteiger partial charge in [-0.1, -0.05) is 43.3 Å². The van der Waals surface area contributed by atoms with Gasteiger partial charge in [0.1, 0.15) is 11.9 Å². The number of fused-ring (bicyclic) bond motifs is 1. The predicted octanol–water partition coefficient (Wildman–Crippen LogP) is 3.62. The first-order valence-corrected chi connectivity index (χ1v) is 7.94. The molecule has 1 heterocycles. The molecular weight excluding hydrogens is 290 g/mol. The summed E-state index contributed by atoms with van der Waals surface area (Å²) < 4.78 is 6.10. The van der Waals surface area contributed by atoms with Gasteiger partial charge in [0.05, 0.1) is 18.3 Å². The maximum Gasteiger partial charge on any atom is 0.226 e. The Labute approximate surface area is 136 Å². The average molecular weight is 311 g/mol. The lowest BCUT2D eigenvalue weighted by atomic mass is 10.0. The van der Waals surface area contributed by atoms with E-state index in [4.69, 9.17) is 4.74 Å². The van der Waals surface area contributed by atoms with Crippen molar-refractivity contribution < 1.29 is 14.6 Å². The summed E-state index contributed by atoms with van der Waals surface area (Å²) in [6.07, 6.45) is -0.331. The maximum atomic E-state index is 12.4. The number of benzene rings is 2. The van der Waals surface area contributed by atoms with E-state index < -0.39 is 6.10 Å². The summed E-state index contributed by atoms with van der Waals surface area (Å²) in [6, 6.07) is 15.4. The maximum absolute atomic E-state index is 12.4. The van der Waals surface area contributed by atoms with E-state index in [0.29, 0.717) is 18.7 Å². The first-order valence-electron chi connectivity index (χ1n) is 7.94. The van der Waals surface area contributed by atoms with Crippen LogP contribution in [-0.4, -0.2) is 17.6 Å². The van der Waals surface area contributed by atoms with Crippen molar-refractivity contribution >= 4 is 11.6 Å². The Kier molecular flexibility index (Phi) is 4.35. The number of carbonyl (C=O) groups is 1. The topological polar surface area (TPSA) is 49.8 Å². The van der Waals surface area contributed by atoms with Gasteiger partial charge in [0.25, 0.3) is 0 Å². The molecule has 1 N–H and O–H groups in total. The Morgan fingerprint density at radius 1 is 1.30 bits per heavy atom. The second-order valence-electron chi connectivity index (χ2n) is 5.78. The summed E-state index contributed by atoms with van der Waals surface area (Å²) in [5, 5.41) is 9.79. The molecule has 0 spiro atoms. The Morgan fingerprint density at radius 2 is 2.04 bits per heavy atom. The molecule has 120 valence electrons. The molecule has 2 atom stereocenters. The molecule has 1 amide bonds. The van der Waals surface area contributed by atoms with E-state index >= 15 is 0 Å². The third-order valence-electron chi connectivity index (χ3n) is 4.15. The van der Waals surface area contributed by atoms with Crippen molar-refractivity contribution in [2.24, 2.45) is 0 Å². The molecule has 0 aromatic heterocycles. The van der Waals surface area contributed by atoms with Crippen LogP contribution in [0.1, 0.15) is 43.6 Å².